The van der Waals surface area contributed by atoms with E-state index in [0.717, 1.165) is 86.1 Å². The van der Waals surface area contributed by atoms with Crippen LogP contribution in [-0.2, 0) is 32.0 Å². The highest BCUT2D eigenvalue weighted by Crippen LogP contribution is 2.34. The Bertz CT molecular complexity index is 2340. The van der Waals surface area contributed by atoms with Gasteiger partial charge in [0.15, 0.2) is 0 Å². The van der Waals surface area contributed by atoms with Crippen molar-refractivity contribution < 1.29 is 28.8 Å². The first-order valence-electron chi connectivity index (χ1n) is 26.7. The van der Waals surface area contributed by atoms with Gasteiger partial charge in [-0.25, -0.2) is 0 Å². The Hall–Kier alpha value is -6.12. The lowest BCUT2D eigenvalue weighted by molar-refractivity contribution is -0.140. The van der Waals surface area contributed by atoms with E-state index in [1.165, 1.54) is 0 Å². The van der Waals surface area contributed by atoms with Gasteiger partial charge in [-0.2, -0.15) is 0 Å². The van der Waals surface area contributed by atoms with E-state index in [9.17, 15) is 28.8 Å². The van der Waals surface area contributed by atoms with Crippen molar-refractivity contribution in [1.29, 1.82) is 0 Å². The molecule has 6 amide bonds. The number of carbonyl (C=O) groups is 6. The molecule has 2 saturated heterocycles. The maximum absolute atomic E-state index is 14.8. The van der Waals surface area contributed by atoms with Crippen LogP contribution in [0.15, 0.2) is 97.1 Å². The van der Waals surface area contributed by atoms with Crippen molar-refractivity contribution in [2.75, 3.05) is 53.4 Å². The second-order valence-electron chi connectivity index (χ2n) is 20.8. The molecule has 4 fully saturated rings. The van der Waals surface area contributed by atoms with E-state index in [1.54, 1.807) is 27.9 Å². The molecule has 2 saturated carbocycles. The summed E-state index contributed by atoms with van der Waals surface area (Å²) in [6, 6.07) is 29.1. The molecule has 384 valence electrons. The first-order valence-corrected chi connectivity index (χ1v) is 26.7. The Kier molecular flexibility index (Phi) is 17.8. The molecule has 2 aliphatic carbocycles. The van der Waals surface area contributed by atoms with Gasteiger partial charge in [0.25, 0.3) is 11.8 Å². The van der Waals surface area contributed by atoms with Crippen LogP contribution in [0.5, 0.6) is 0 Å². The molecule has 14 nitrogen and oxygen atoms in total. The van der Waals surface area contributed by atoms with Crippen LogP contribution in [0.25, 0.3) is 10.8 Å². The SMILES string of the molecule is CN[C@@H](C)C(=O)N[C@H](C(=O)N1CCC[C@@H]1CN(CCc1ccccc1)C(=O)c1ccc2cc(C(=O)N(CCc3ccccc3)C[C@@H]3CCCN3C(=O)[C@@H](NC(=O)[C@H](C)NC)C3CCC3)ccc2c1)C1CCC1. The number of fused-ring (bicyclic) bond motifs is 1. The van der Waals surface area contributed by atoms with E-state index in [4.69, 9.17) is 0 Å². The first-order chi connectivity index (χ1) is 34.9. The highest BCUT2D eigenvalue weighted by atomic mass is 16.2. The van der Waals surface area contributed by atoms with Crippen LogP contribution < -0.4 is 21.3 Å². The lowest BCUT2D eigenvalue weighted by Gasteiger charge is -2.38. The molecule has 4 aliphatic rings. The van der Waals surface area contributed by atoms with Crippen LogP contribution in [0, 0.1) is 11.8 Å². The maximum Gasteiger partial charge on any atom is 0.253 e. The summed E-state index contributed by atoms with van der Waals surface area (Å²) >= 11 is 0. The molecular formula is C58H76N8O6. The number of likely N-dealkylation sites (N-methyl/N-ethyl adjacent to an activating group) is 2. The van der Waals surface area contributed by atoms with Gasteiger partial charge in [0.2, 0.25) is 23.6 Å². The average molecular weight is 981 g/mol. The Morgan fingerprint density at radius 2 is 0.917 bits per heavy atom. The molecule has 0 radical (unpaired) electrons. The highest BCUT2D eigenvalue weighted by Gasteiger charge is 2.43. The molecule has 72 heavy (non-hydrogen) atoms. The Morgan fingerprint density at radius 1 is 0.528 bits per heavy atom. The largest absolute Gasteiger partial charge is 0.343 e. The fraction of sp³-hybridized carbons (Fsp3) is 0.517. The predicted molar refractivity (Wildman–Crippen MR) is 281 cm³/mol. The minimum Gasteiger partial charge on any atom is -0.343 e. The van der Waals surface area contributed by atoms with Gasteiger partial charge in [0, 0.05) is 62.5 Å². The number of hydrogen-bond donors (Lipinski definition) is 4. The van der Waals surface area contributed by atoms with E-state index in [1.807, 2.05) is 92.4 Å². The van der Waals surface area contributed by atoms with Crippen LogP contribution in [0.1, 0.15) is 110 Å². The van der Waals surface area contributed by atoms with Crippen molar-refractivity contribution in [1.82, 2.24) is 40.9 Å². The van der Waals surface area contributed by atoms with E-state index in [-0.39, 0.29) is 59.4 Å². The molecule has 14 heteroatoms. The van der Waals surface area contributed by atoms with Gasteiger partial charge in [-0.3, -0.25) is 28.8 Å². The number of carbonyl (C=O) groups excluding carboxylic acids is 6. The minimum atomic E-state index is -0.590. The van der Waals surface area contributed by atoms with Crippen molar-refractivity contribution in [3.63, 3.8) is 0 Å². The molecule has 8 rings (SSSR count). The second-order valence-corrected chi connectivity index (χ2v) is 20.8. The summed E-state index contributed by atoms with van der Waals surface area (Å²) in [6.45, 7) is 6.41. The van der Waals surface area contributed by atoms with Gasteiger partial charge in [-0.15, -0.1) is 0 Å². The summed E-state index contributed by atoms with van der Waals surface area (Å²) in [4.78, 5) is 92.0. The van der Waals surface area contributed by atoms with Crippen LogP contribution in [0.4, 0.5) is 0 Å². The van der Waals surface area contributed by atoms with Crippen molar-refractivity contribution in [2.45, 2.75) is 127 Å². The van der Waals surface area contributed by atoms with Gasteiger partial charge in [0.1, 0.15) is 12.1 Å². The van der Waals surface area contributed by atoms with Crippen LogP contribution in [0.2, 0.25) is 0 Å². The molecule has 2 aliphatic heterocycles. The zero-order valence-electron chi connectivity index (χ0n) is 42.8. The lowest BCUT2D eigenvalue weighted by Crippen LogP contribution is -2.58. The molecule has 0 spiro atoms. The monoisotopic (exact) mass is 981 g/mol. The Labute approximate surface area is 426 Å². The van der Waals surface area contributed by atoms with E-state index in [0.29, 0.717) is 63.2 Å². The standard InChI is InChI=1S/C58H76N8O6/c1-39(59-3)53(67)61-51(43-19-11-20-43)57(71)65-31-13-23-49(65)37-63(33-29-41-15-7-5-8-16-41)55(69)47-27-25-46-36-48(28-26-45(46)35-47)56(70)64(34-30-42-17-9-6-10-18-42)38-50-24-14-32-66(50)58(72)52(44-21-12-22-44)62-54(68)40(2)60-4/h5-10,15-18,25-28,35-36,39-40,43-44,49-52,59-60H,11-14,19-24,29-34,37-38H2,1-4H3,(H,61,67)(H,62,68)/t39-,40-,49-,50+,51-,52-/m0/s1. The topological polar surface area (TPSA) is 163 Å². The molecule has 6 atom stereocenters. The first kappa shape index (κ1) is 52.2. The molecule has 4 aromatic rings. The third-order valence-electron chi connectivity index (χ3n) is 16.1. The predicted octanol–water partition coefficient (Wildman–Crippen LogP) is 5.98. The van der Waals surface area contributed by atoms with Gasteiger partial charge in [-0.05, 0) is 150 Å². The second kappa shape index (κ2) is 24.5. The fourth-order valence-corrected chi connectivity index (χ4v) is 10.9. The number of rotatable bonds is 22. The van der Waals surface area contributed by atoms with E-state index in [2.05, 4.69) is 45.5 Å². The van der Waals surface area contributed by atoms with Gasteiger partial charge >= 0.3 is 0 Å². The minimum absolute atomic E-state index is 0.0592. The number of likely N-dealkylation sites (tertiary alicyclic amines) is 2. The van der Waals surface area contributed by atoms with Crippen LogP contribution >= 0.6 is 0 Å². The molecular weight excluding hydrogens is 905 g/mol. The molecule has 4 N–H and O–H groups in total. The number of nitrogens with zero attached hydrogens (tertiary/aromatic N) is 4. The molecule has 0 bridgehead atoms. The van der Waals surface area contributed by atoms with Crippen LogP contribution in [-0.4, -0.2) is 145 Å². The van der Waals surface area contributed by atoms with E-state index >= 15 is 0 Å². The third kappa shape index (κ3) is 12.5. The van der Waals surface area contributed by atoms with Gasteiger partial charge < -0.3 is 40.9 Å². The number of amides is 6. The van der Waals surface area contributed by atoms with Crippen LogP contribution in [0.3, 0.4) is 0 Å². The van der Waals surface area contributed by atoms with Gasteiger partial charge in [0.05, 0.1) is 12.1 Å². The normalized spacial score (nSPS) is 19.7. The zero-order chi connectivity index (χ0) is 50.7. The van der Waals surface area contributed by atoms with Crippen molar-refractivity contribution in [3.05, 3.63) is 119 Å². The lowest BCUT2D eigenvalue weighted by atomic mass is 9.79. The summed E-state index contributed by atoms with van der Waals surface area (Å²) in [5.41, 5.74) is 3.28. The summed E-state index contributed by atoms with van der Waals surface area (Å²) < 4.78 is 0. The van der Waals surface area contributed by atoms with Crippen molar-refractivity contribution in [3.8, 4) is 0 Å². The number of nitrogens with one attached hydrogen (secondary N) is 4. The van der Waals surface area contributed by atoms with Gasteiger partial charge in [-0.1, -0.05) is 85.6 Å². The molecule has 0 unspecified atom stereocenters. The summed E-state index contributed by atoms with van der Waals surface area (Å²) in [5, 5.41) is 13.8. The van der Waals surface area contributed by atoms with Crippen molar-refractivity contribution in [2.24, 2.45) is 11.8 Å². The molecule has 4 aromatic carbocycles. The fourth-order valence-electron chi connectivity index (χ4n) is 10.9. The highest BCUT2D eigenvalue weighted by molar-refractivity contribution is 6.02. The van der Waals surface area contributed by atoms with Crippen molar-refractivity contribution >= 4 is 46.2 Å². The Balaban J connectivity index is 1.00. The average Bonchev–Trinajstić information content (AvgIpc) is 4.06. The smallest absolute Gasteiger partial charge is 0.253 e. The van der Waals surface area contributed by atoms with E-state index < -0.39 is 24.2 Å². The molecule has 2 heterocycles. The maximum atomic E-state index is 14.8. The summed E-state index contributed by atoms with van der Waals surface area (Å²) in [5.74, 6) is -0.545. The molecule has 0 aromatic heterocycles. The third-order valence-corrected chi connectivity index (χ3v) is 16.1. The number of hydrogen-bond acceptors (Lipinski definition) is 8. The quantitative estimate of drug-likeness (QED) is 0.0749. The Morgan fingerprint density at radius 3 is 1.26 bits per heavy atom. The summed E-state index contributed by atoms with van der Waals surface area (Å²) in [6.07, 6.45) is 10.2. The zero-order valence-corrected chi connectivity index (χ0v) is 42.8. The summed E-state index contributed by atoms with van der Waals surface area (Å²) in [7, 11) is 3.47. The number of benzene rings is 4.